The second kappa shape index (κ2) is 24.4. The highest BCUT2D eigenvalue weighted by molar-refractivity contribution is 5.76. The number of carbonyl (C=O) groups is 3. The van der Waals surface area contributed by atoms with Gasteiger partial charge in [-0.3, -0.25) is 14.4 Å². The van der Waals surface area contributed by atoms with E-state index >= 15 is 0 Å². The normalized spacial score (nSPS) is 55.2. The highest BCUT2D eigenvalue weighted by Crippen LogP contribution is 2.65. The van der Waals surface area contributed by atoms with Crippen LogP contribution in [-0.4, -0.2) is 126 Å². The van der Waals surface area contributed by atoms with Crippen molar-refractivity contribution in [3.63, 3.8) is 0 Å². The lowest BCUT2D eigenvalue weighted by Gasteiger charge is -2.60. The summed E-state index contributed by atoms with van der Waals surface area (Å²) < 4.78 is 65.7. The Morgan fingerprint density at radius 2 is 0.789 bits per heavy atom. The third-order valence-corrected chi connectivity index (χ3v) is 25.6. The standard InChI is InChI=1S/C19H28O8.C17H28O5.C16H26O5.C15H22O5/c1-10-4-5-13-11(2)16(23-15(22)7-6-14(20)21)24-17-19(13)12(10)8-9-18(3,25-17)26-27-19;1-5-18-14-11(3)13-7-6-10(2)12-8-9-16(4)20-15(19-14)17(12,13)22-21-16;1-9-5-6-12-10(2)13(17-4)18-14-16(12)11(9)7-8-15(3,19-14)20-21-16;1-8-4-5-11-9(2)12(16)17-13-15(11)10(8)6-7-14(3,18-13)19-20-15/h10-13,16-17H,4-9H2,1-3H3,(H,20,21);10-15H,5-9H2,1-4H3;9-14H,5-8H2,1-4H3;8-11,13H,4-7H2,1-3H3/t10-,11-,12+,13+,16-,17-,18-,19-;10-,11-,12+,13+,14?,15-,16-,17-;9-,10-,11+,12+,13?,14-,15-,16-;8-,9-,10+,11+,13-,14-,15-/m1111/s1. The zero-order valence-corrected chi connectivity index (χ0v) is 55.6. The number of esters is 2. The van der Waals surface area contributed by atoms with Gasteiger partial charge in [0.25, 0.3) is 0 Å². The fraction of sp³-hybridized carbons (Fsp3) is 0.955. The van der Waals surface area contributed by atoms with Crippen molar-refractivity contribution >= 4 is 17.9 Å². The Kier molecular flexibility index (Phi) is 18.0. The maximum Gasteiger partial charge on any atom is 0.311 e. The van der Waals surface area contributed by atoms with Crippen LogP contribution in [0.2, 0.25) is 0 Å². The first-order valence-electron chi connectivity index (χ1n) is 34.6. The molecule has 20 rings (SSSR count). The molecule has 16 saturated heterocycles. The molecule has 0 aromatic rings. The van der Waals surface area contributed by atoms with Crippen molar-refractivity contribution in [1.29, 1.82) is 0 Å². The van der Waals surface area contributed by atoms with E-state index in [2.05, 4.69) is 41.5 Å². The Bertz CT molecular complexity index is 2630. The average molecular weight is 1280 g/mol. The fourth-order valence-electron chi connectivity index (χ4n) is 20.5. The first-order valence-corrected chi connectivity index (χ1v) is 34.6. The number of rotatable bonds is 7. The zero-order valence-electron chi connectivity index (χ0n) is 55.6. The van der Waals surface area contributed by atoms with Gasteiger partial charge in [0.15, 0.2) is 53.9 Å². The Labute approximate surface area is 530 Å². The number of carbonyl (C=O) groups excluding carboxylic acids is 2. The van der Waals surface area contributed by atoms with Gasteiger partial charge in [0.2, 0.25) is 35.7 Å². The van der Waals surface area contributed by atoms with Crippen LogP contribution in [0, 0.1) is 94.7 Å². The third-order valence-electron chi connectivity index (χ3n) is 25.6. The molecule has 23 nitrogen and oxygen atoms in total. The van der Waals surface area contributed by atoms with Crippen LogP contribution in [-0.2, 0) is 106 Å². The van der Waals surface area contributed by atoms with Gasteiger partial charge in [-0.15, -0.1) is 0 Å². The lowest BCUT2D eigenvalue weighted by Crippen LogP contribution is -2.70. The molecule has 0 aromatic heterocycles. The van der Waals surface area contributed by atoms with E-state index < -0.39 is 82.7 Å². The number of fused-ring (bicyclic) bond motifs is 8. The van der Waals surface area contributed by atoms with E-state index in [0.717, 1.165) is 83.5 Å². The summed E-state index contributed by atoms with van der Waals surface area (Å²) in [6, 6.07) is 0. The Hall–Kier alpha value is -2.27. The van der Waals surface area contributed by atoms with Crippen LogP contribution in [0.25, 0.3) is 0 Å². The molecule has 0 aromatic carbocycles. The van der Waals surface area contributed by atoms with Gasteiger partial charge in [-0.05, 0) is 153 Å². The number of hydrogen-bond acceptors (Lipinski definition) is 22. The molecule has 0 amide bonds. The minimum atomic E-state index is -1.03. The molecule has 4 aliphatic carbocycles. The SMILES string of the molecule is CCOC1O[C@@H]2O[C@@]3(C)CC[C@H]4[C@H](C)CC[C@@H]([C@H]1C)[C@@]24OO3.COC1O[C@@H]2O[C@@]3(C)CC[C@H]4[C@H](C)CC[C@@H]([C@H]1C)[C@@]24OO3.C[C@@H]1CC[C@H]2[C@@H](C)C(=O)O[C@@H]3O[C@@]4(C)CC[C@@H]1[C@]32OO4.C[C@H]1[C@H](OC(=O)CCC(=O)O)O[C@@H]2O[C@@]3(C)CC[C@H]4[C@H](C)CC[C@@H]1[C@@]24OO3. The molecular weight excluding hydrogens is 1170 g/mol. The second-order valence-corrected chi connectivity index (χ2v) is 31.0. The zero-order chi connectivity index (χ0) is 63.9. The van der Waals surface area contributed by atoms with E-state index in [1.54, 1.807) is 7.11 Å². The van der Waals surface area contributed by atoms with Crippen LogP contribution in [0.3, 0.4) is 0 Å². The van der Waals surface area contributed by atoms with Crippen LogP contribution in [0.5, 0.6) is 0 Å². The van der Waals surface area contributed by atoms with Crippen molar-refractivity contribution in [2.75, 3.05) is 13.7 Å². The van der Waals surface area contributed by atoms with Crippen molar-refractivity contribution in [3.8, 4) is 0 Å². The van der Waals surface area contributed by atoms with Gasteiger partial charge in [-0.25, -0.2) is 39.1 Å². The predicted octanol–water partition coefficient (Wildman–Crippen LogP) is 11.1. The van der Waals surface area contributed by atoms with E-state index in [-0.39, 0.29) is 79.1 Å². The van der Waals surface area contributed by atoms with Crippen LogP contribution in [0.1, 0.15) is 206 Å². The molecule has 20 fully saturated rings. The van der Waals surface area contributed by atoms with E-state index in [9.17, 15) is 14.4 Å². The van der Waals surface area contributed by atoms with E-state index in [1.165, 1.54) is 12.8 Å². The van der Waals surface area contributed by atoms with Gasteiger partial charge in [-0.1, -0.05) is 55.4 Å². The predicted molar refractivity (Wildman–Crippen MR) is 310 cm³/mol. The lowest BCUT2D eigenvalue weighted by molar-refractivity contribution is -0.577. The number of carboxylic acids is 1. The molecule has 90 heavy (non-hydrogen) atoms. The highest BCUT2D eigenvalue weighted by Gasteiger charge is 2.74. The maximum absolute atomic E-state index is 12.1. The van der Waals surface area contributed by atoms with Crippen molar-refractivity contribution < 1.29 is 111 Å². The average Bonchev–Trinajstić information content (AvgIpc) is 1.34. The molecule has 510 valence electrons. The molecule has 4 spiro atoms. The van der Waals surface area contributed by atoms with E-state index in [4.69, 9.17) is 96.3 Å². The second-order valence-electron chi connectivity index (χ2n) is 31.0. The van der Waals surface area contributed by atoms with Gasteiger partial charge < -0.3 is 57.2 Å². The third kappa shape index (κ3) is 10.7. The molecule has 4 saturated carbocycles. The number of aliphatic carboxylic acids is 1. The number of ether oxygens (including phenoxy) is 11. The summed E-state index contributed by atoms with van der Waals surface area (Å²) in [5, 5.41) is 8.76. The lowest BCUT2D eigenvalue weighted by atomic mass is 9.58. The summed E-state index contributed by atoms with van der Waals surface area (Å²) in [6.45, 7) is 27.7. The van der Waals surface area contributed by atoms with Gasteiger partial charge >= 0.3 is 17.9 Å². The fourth-order valence-corrected chi connectivity index (χ4v) is 20.5. The molecule has 8 bridgehead atoms. The molecule has 23 heteroatoms. The summed E-state index contributed by atoms with van der Waals surface area (Å²) in [7, 11) is 1.70. The van der Waals surface area contributed by atoms with E-state index in [1.807, 2.05) is 48.5 Å². The van der Waals surface area contributed by atoms with Gasteiger partial charge in [0.05, 0.1) is 18.8 Å². The van der Waals surface area contributed by atoms with Crippen molar-refractivity contribution in [1.82, 2.24) is 0 Å². The smallest absolute Gasteiger partial charge is 0.311 e. The molecule has 31 atom stereocenters. The summed E-state index contributed by atoms with van der Waals surface area (Å²) in [5.41, 5.74) is -2.25. The molecule has 16 heterocycles. The maximum atomic E-state index is 12.1. The molecule has 2 unspecified atom stereocenters. The van der Waals surface area contributed by atoms with Crippen LogP contribution in [0.15, 0.2) is 0 Å². The molecule has 0 radical (unpaired) electrons. The summed E-state index contributed by atoms with van der Waals surface area (Å²) >= 11 is 0. The van der Waals surface area contributed by atoms with Gasteiger partial charge in [0, 0.05) is 86.7 Å². The summed E-state index contributed by atoms with van der Waals surface area (Å²) in [5.74, 6) is -0.0513. The minimum Gasteiger partial charge on any atom is -0.481 e. The van der Waals surface area contributed by atoms with E-state index in [0.29, 0.717) is 66.3 Å². The molecular formula is C67H104O23. The Morgan fingerprint density at radius 1 is 0.444 bits per heavy atom. The minimum absolute atomic E-state index is 0.0670. The molecule has 1 N–H and O–H groups in total. The topological polar surface area (TPSA) is 247 Å². The van der Waals surface area contributed by atoms with Crippen LogP contribution < -0.4 is 0 Å². The number of hydrogen-bond donors (Lipinski definition) is 1. The summed E-state index contributed by atoms with van der Waals surface area (Å²) in [4.78, 5) is 81.9. The Morgan fingerprint density at radius 3 is 1.18 bits per heavy atom. The monoisotopic (exact) mass is 1280 g/mol. The first-order chi connectivity index (χ1) is 42.7. The quantitative estimate of drug-likeness (QED) is 0.184. The Balaban J connectivity index is 0.000000111. The molecule has 20 aliphatic rings. The van der Waals surface area contributed by atoms with Crippen molar-refractivity contribution in [3.05, 3.63) is 0 Å². The number of carboxylic acid groups (broad SMARTS) is 1. The first kappa shape index (κ1) is 66.3. The van der Waals surface area contributed by atoms with Gasteiger partial charge in [0.1, 0.15) is 0 Å². The molecule has 16 aliphatic heterocycles. The largest absolute Gasteiger partial charge is 0.481 e. The van der Waals surface area contributed by atoms with Crippen molar-refractivity contribution in [2.45, 2.75) is 295 Å². The van der Waals surface area contributed by atoms with Gasteiger partial charge in [-0.2, -0.15) is 0 Å². The number of methoxy groups -OCH3 is 1. The summed E-state index contributed by atoms with van der Waals surface area (Å²) in [6.07, 6.45) is 12.3. The van der Waals surface area contributed by atoms with Crippen molar-refractivity contribution in [2.24, 2.45) is 94.7 Å². The highest BCUT2D eigenvalue weighted by atomic mass is 17.3. The van der Waals surface area contributed by atoms with Crippen LogP contribution >= 0.6 is 0 Å². The van der Waals surface area contributed by atoms with Crippen LogP contribution in [0.4, 0.5) is 0 Å².